The van der Waals surface area contributed by atoms with Gasteiger partial charge in [-0.15, -0.1) is 10.2 Å². The van der Waals surface area contributed by atoms with Crippen molar-refractivity contribution in [1.82, 2.24) is 14.8 Å². The second-order valence-corrected chi connectivity index (χ2v) is 11.3. The predicted octanol–water partition coefficient (Wildman–Crippen LogP) is 2.62. The number of sulfone groups is 1. The van der Waals surface area contributed by atoms with E-state index in [0.717, 1.165) is 37.4 Å². The first-order valence-corrected chi connectivity index (χ1v) is 13.1. The Bertz CT molecular complexity index is 1020. The maximum absolute atomic E-state index is 12.8. The van der Waals surface area contributed by atoms with Gasteiger partial charge in [-0.1, -0.05) is 11.8 Å². The van der Waals surface area contributed by atoms with Crippen LogP contribution in [-0.4, -0.2) is 58.9 Å². The number of carbonyl (C=O) groups excluding carboxylic acids is 1. The lowest BCUT2D eigenvalue weighted by molar-refractivity contribution is 0.0957. The summed E-state index contributed by atoms with van der Waals surface area (Å²) < 4.78 is 36.7. The molecule has 4 heterocycles. The van der Waals surface area contributed by atoms with Crippen molar-refractivity contribution >= 4 is 27.4 Å². The van der Waals surface area contributed by atoms with Gasteiger partial charge >= 0.3 is 0 Å². The predicted molar refractivity (Wildman–Crippen MR) is 113 cm³/mol. The average Bonchev–Trinajstić information content (AvgIpc) is 3.47. The number of rotatable bonds is 8. The van der Waals surface area contributed by atoms with E-state index in [1.807, 2.05) is 19.9 Å². The van der Waals surface area contributed by atoms with Gasteiger partial charge in [-0.2, -0.15) is 0 Å². The van der Waals surface area contributed by atoms with Crippen molar-refractivity contribution in [3.8, 4) is 0 Å². The minimum Gasteiger partial charge on any atom is -0.416 e. The van der Waals surface area contributed by atoms with Crippen LogP contribution in [0.2, 0.25) is 0 Å². The number of carbonyl (C=O) groups is 1. The molecule has 2 saturated heterocycles. The van der Waals surface area contributed by atoms with E-state index in [0.29, 0.717) is 29.5 Å². The number of aryl methyl sites for hydroxylation is 1. The molecule has 0 bridgehead atoms. The Hall–Kier alpha value is -1.65. The molecule has 2 aromatic heterocycles. The van der Waals surface area contributed by atoms with Gasteiger partial charge in [0.15, 0.2) is 15.6 Å². The normalized spacial score (nSPS) is 23.3. The molecule has 2 aliphatic rings. The van der Waals surface area contributed by atoms with Crippen molar-refractivity contribution < 1.29 is 22.4 Å². The van der Waals surface area contributed by atoms with E-state index < -0.39 is 9.84 Å². The van der Waals surface area contributed by atoms with Crippen LogP contribution in [0.15, 0.2) is 15.7 Å². The first-order valence-electron chi connectivity index (χ1n) is 10.3. The molecule has 0 amide bonds. The molecule has 0 radical (unpaired) electrons. The quantitative estimate of drug-likeness (QED) is 0.444. The molecular weight excluding hydrogens is 426 g/mol. The van der Waals surface area contributed by atoms with Crippen molar-refractivity contribution in [2.24, 2.45) is 5.92 Å². The summed E-state index contributed by atoms with van der Waals surface area (Å²) >= 11 is 1.22. The molecule has 0 aliphatic carbocycles. The summed E-state index contributed by atoms with van der Waals surface area (Å²) in [4.78, 5) is 12.8. The fraction of sp³-hybridized carbons (Fsp3) is 0.650. The Balaban J connectivity index is 1.33. The fourth-order valence-electron chi connectivity index (χ4n) is 4.22. The SMILES string of the molecule is Cc1cc(C(=O)CSc2nnc(C[C@@H]3CCS(=O)(=O)C3)o2)c(C)n1C[C@H]1CCCO1. The Morgan fingerprint density at radius 1 is 1.30 bits per heavy atom. The van der Waals surface area contributed by atoms with Crippen LogP contribution in [0.25, 0.3) is 0 Å². The molecule has 10 heteroatoms. The van der Waals surface area contributed by atoms with Gasteiger partial charge in [0.05, 0.1) is 23.4 Å². The van der Waals surface area contributed by atoms with Crippen molar-refractivity contribution in [1.29, 1.82) is 0 Å². The summed E-state index contributed by atoms with van der Waals surface area (Å²) in [7, 11) is -2.92. The molecule has 0 spiro atoms. The number of ether oxygens (including phenoxy) is 1. The average molecular weight is 454 g/mol. The molecule has 30 heavy (non-hydrogen) atoms. The van der Waals surface area contributed by atoms with E-state index in [2.05, 4.69) is 14.8 Å². The van der Waals surface area contributed by atoms with Crippen LogP contribution in [0.1, 0.15) is 46.9 Å². The van der Waals surface area contributed by atoms with Crippen LogP contribution in [0.4, 0.5) is 0 Å². The number of Topliss-reactive ketones (excluding diaryl/α,β-unsaturated/α-hetero) is 1. The van der Waals surface area contributed by atoms with E-state index in [1.165, 1.54) is 11.8 Å². The van der Waals surface area contributed by atoms with Crippen LogP contribution in [0.5, 0.6) is 0 Å². The summed E-state index contributed by atoms with van der Waals surface area (Å²) in [6.07, 6.45) is 3.47. The van der Waals surface area contributed by atoms with Gasteiger partial charge in [-0.25, -0.2) is 8.42 Å². The first-order chi connectivity index (χ1) is 14.3. The molecular formula is C20H27N3O5S2. The van der Waals surface area contributed by atoms with Gasteiger partial charge in [0, 0.05) is 36.5 Å². The van der Waals surface area contributed by atoms with E-state index in [-0.39, 0.29) is 35.1 Å². The molecule has 2 aromatic rings. The van der Waals surface area contributed by atoms with Crippen LogP contribution < -0.4 is 0 Å². The number of hydrogen-bond donors (Lipinski definition) is 0. The molecule has 0 aromatic carbocycles. The van der Waals surface area contributed by atoms with Gasteiger partial charge in [0.1, 0.15) is 0 Å². The lowest BCUT2D eigenvalue weighted by atomic mass is 10.1. The van der Waals surface area contributed by atoms with Crippen molar-refractivity contribution in [2.75, 3.05) is 23.9 Å². The lowest BCUT2D eigenvalue weighted by Crippen LogP contribution is -2.17. The second kappa shape index (κ2) is 8.84. The Morgan fingerprint density at radius 3 is 2.83 bits per heavy atom. The standard InChI is InChI=1S/C20H27N3O5S2/c1-13-8-17(14(2)23(13)10-16-4-3-6-27-16)18(24)11-29-20-22-21-19(28-20)9-15-5-7-30(25,26)12-15/h8,15-16H,3-7,9-12H2,1-2H3/t15-,16+/m0/s1. The van der Waals surface area contributed by atoms with Crippen molar-refractivity contribution in [3.63, 3.8) is 0 Å². The van der Waals surface area contributed by atoms with Crippen LogP contribution in [0.3, 0.4) is 0 Å². The third kappa shape index (κ3) is 4.97. The first kappa shape index (κ1) is 21.6. The highest BCUT2D eigenvalue weighted by molar-refractivity contribution is 7.99. The second-order valence-electron chi connectivity index (χ2n) is 8.18. The fourth-order valence-corrected chi connectivity index (χ4v) is 6.75. The molecule has 2 atom stereocenters. The molecule has 2 aliphatic heterocycles. The number of aromatic nitrogens is 3. The Morgan fingerprint density at radius 2 is 2.13 bits per heavy atom. The highest BCUT2D eigenvalue weighted by Crippen LogP contribution is 2.26. The third-order valence-corrected chi connectivity index (χ3v) is 8.50. The van der Waals surface area contributed by atoms with Gasteiger partial charge in [-0.3, -0.25) is 4.79 Å². The largest absolute Gasteiger partial charge is 0.416 e. The Labute approximate surface area is 180 Å². The zero-order valence-electron chi connectivity index (χ0n) is 17.3. The molecule has 0 saturated carbocycles. The molecule has 4 rings (SSSR count). The molecule has 164 valence electrons. The van der Waals surface area contributed by atoms with Gasteiger partial charge in [0.25, 0.3) is 5.22 Å². The van der Waals surface area contributed by atoms with Crippen LogP contribution in [-0.2, 0) is 27.5 Å². The minimum absolute atomic E-state index is 0.0216. The monoisotopic (exact) mass is 453 g/mol. The van der Waals surface area contributed by atoms with Gasteiger partial charge in [0.2, 0.25) is 5.89 Å². The lowest BCUT2D eigenvalue weighted by Gasteiger charge is -2.14. The maximum Gasteiger partial charge on any atom is 0.277 e. The van der Waals surface area contributed by atoms with Gasteiger partial charge in [-0.05, 0) is 45.1 Å². The van der Waals surface area contributed by atoms with Crippen LogP contribution in [0, 0.1) is 19.8 Å². The van der Waals surface area contributed by atoms with E-state index in [9.17, 15) is 13.2 Å². The third-order valence-electron chi connectivity index (χ3n) is 5.85. The Kier molecular flexibility index (Phi) is 6.36. The van der Waals surface area contributed by atoms with E-state index >= 15 is 0 Å². The zero-order valence-corrected chi connectivity index (χ0v) is 18.9. The summed E-state index contributed by atoms with van der Waals surface area (Å²) in [5.41, 5.74) is 2.74. The highest BCUT2D eigenvalue weighted by atomic mass is 32.2. The number of ketones is 1. The minimum atomic E-state index is -2.92. The number of thioether (sulfide) groups is 1. The summed E-state index contributed by atoms with van der Waals surface area (Å²) in [6, 6.07) is 1.94. The molecule has 0 unspecified atom stereocenters. The molecule has 8 nitrogen and oxygen atoms in total. The molecule has 0 N–H and O–H groups in total. The zero-order chi connectivity index (χ0) is 21.3. The van der Waals surface area contributed by atoms with E-state index in [1.54, 1.807) is 0 Å². The van der Waals surface area contributed by atoms with Gasteiger partial charge < -0.3 is 13.7 Å². The topological polar surface area (TPSA) is 104 Å². The number of nitrogens with zero attached hydrogens (tertiary/aromatic N) is 3. The summed E-state index contributed by atoms with van der Waals surface area (Å²) in [6.45, 7) is 5.58. The summed E-state index contributed by atoms with van der Waals surface area (Å²) in [5, 5.41) is 8.35. The van der Waals surface area contributed by atoms with Crippen molar-refractivity contribution in [2.45, 2.75) is 57.4 Å². The molecule has 2 fully saturated rings. The maximum atomic E-state index is 12.8. The van der Waals surface area contributed by atoms with E-state index in [4.69, 9.17) is 9.15 Å². The van der Waals surface area contributed by atoms with Crippen LogP contribution >= 0.6 is 11.8 Å². The highest BCUT2D eigenvalue weighted by Gasteiger charge is 2.29. The smallest absolute Gasteiger partial charge is 0.277 e. The number of hydrogen-bond acceptors (Lipinski definition) is 8. The van der Waals surface area contributed by atoms with Crippen molar-refractivity contribution in [3.05, 3.63) is 28.9 Å². The summed E-state index contributed by atoms with van der Waals surface area (Å²) in [5.74, 6) is 1.11.